The van der Waals surface area contributed by atoms with Gasteiger partial charge in [-0.2, -0.15) is 0 Å². The molecule has 0 aliphatic heterocycles. The number of hydrogen-bond donors (Lipinski definition) is 1. The van der Waals surface area contributed by atoms with Crippen molar-refractivity contribution >= 4 is 0 Å². The molecule has 1 aliphatic carbocycles. The number of benzene rings is 1. The Labute approximate surface area is 99.3 Å². The second-order valence-corrected chi connectivity index (χ2v) is 5.58. The van der Waals surface area contributed by atoms with E-state index in [0.29, 0.717) is 5.41 Å². The topological polar surface area (TPSA) is 12.0 Å². The molecular formula is C15H23N. The molecule has 1 heteroatoms. The summed E-state index contributed by atoms with van der Waals surface area (Å²) in [5, 5.41) is 3.34. The van der Waals surface area contributed by atoms with Crippen LogP contribution in [0.2, 0.25) is 0 Å². The summed E-state index contributed by atoms with van der Waals surface area (Å²) in [6.07, 6.45) is 4.03. The van der Waals surface area contributed by atoms with Crippen LogP contribution in [0.5, 0.6) is 0 Å². The standard InChI is InChI=1S/C15H23N/c1-11-7-12(2)14(13(3)8-11)9-15(5-6-15)10-16-4/h7-8,16H,5-6,9-10H2,1-4H3. The number of aryl methyl sites for hydroxylation is 3. The van der Waals surface area contributed by atoms with E-state index in [1.165, 1.54) is 42.5 Å². The van der Waals surface area contributed by atoms with Gasteiger partial charge >= 0.3 is 0 Å². The van der Waals surface area contributed by atoms with Gasteiger partial charge in [0.1, 0.15) is 0 Å². The number of nitrogens with one attached hydrogen (secondary N) is 1. The zero-order chi connectivity index (χ0) is 11.8. The summed E-state index contributed by atoms with van der Waals surface area (Å²) in [7, 11) is 2.06. The summed E-state index contributed by atoms with van der Waals surface area (Å²) in [4.78, 5) is 0. The van der Waals surface area contributed by atoms with Gasteiger partial charge < -0.3 is 5.32 Å². The average Bonchev–Trinajstić information content (AvgIpc) is 2.93. The van der Waals surface area contributed by atoms with E-state index in [1.54, 1.807) is 5.56 Å². The van der Waals surface area contributed by atoms with E-state index < -0.39 is 0 Å². The van der Waals surface area contributed by atoms with Gasteiger partial charge in [0, 0.05) is 6.54 Å². The molecule has 16 heavy (non-hydrogen) atoms. The Balaban J connectivity index is 2.21. The van der Waals surface area contributed by atoms with Crippen LogP contribution >= 0.6 is 0 Å². The minimum atomic E-state index is 0.569. The van der Waals surface area contributed by atoms with E-state index >= 15 is 0 Å². The van der Waals surface area contributed by atoms with Gasteiger partial charge in [0.05, 0.1) is 0 Å². The lowest BCUT2D eigenvalue weighted by Crippen LogP contribution is -2.22. The minimum Gasteiger partial charge on any atom is -0.319 e. The first-order valence-electron chi connectivity index (χ1n) is 6.28. The fourth-order valence-electron chi connectivity index (χ4n) is 2.83. The fraction of sp³-hybridized carbons (Fsp3) is 0.600. The molecular weight excluding hydrogens is 194 g/mol. The molecule has 1 saturated carbocycles. The molecule has 0 atom stereocenters. The molecule has 0 radical (unpaired) electrons. The smallest absolute Gasteiger partial charge is 0.000800 e. The lowest BCUT2D eigenvalue weighted by Gasteiger charge is -2.18. The first-order chi connectivity index (χ1) is 7.56. The van der Waals surface area contributed by atoms with Crippen LogP contribution in [0.1, 0.15) is 35.1 Å². The monoisotopic (exact) mass is 217 g/mol. The second kappa shape index (κ2) is 4.21. The van der Waals surface area contributed by atoms with Gasteiger partial charge in [0.2, 0.25) is 0 Å². The molecule has 1 N–H and O–H groups in total. The SMILES string of the molecule is CNCC1(Cc2c(C)cc(C)cc2C)CC1. The predicted molar refractivity (Wildman–Crippen MR) is 70.0 cm³/mol. The molecule has 0 spiro atoms. The van der Waals surface area contributed by atoms with Gasteiger partial charge in [-0.05, 0) is 69.2 Å². The van der Waals surface area contributed by atoms with Crippen molar-refractivity contribution in [2.45, 2.75) is 40.0 Å². The van der Waals surface area contributed by atoms with Crippen molar-refractivity contribution in [3.8, 4) is 0 Å². The largest absolute Gasteiger partial charge is 0.319 e. The Bertz CT molecular complexity index is 365. The molecule has 88 valence electrons. The maximum atomic E-state index is 3.34. The van der Waals surface area contributed by atoms with E-state index in [2.05, 4.69) is 45.3 Å². The van der Waals surface area contributed by atoms with Crippen LogP contribution in [0, 0.1) is 26.2 Å². The van der Waals surface area contributed by atoms with Crippen LogP contribution < -0.4 is 5.32 Å². The van der Waals surface area contributed by atoms with Crippen molar-refractivity contribution in [1.82, 2.24) is 5.32 Å². The molecule has 0 aromatic heterocycles. The van der Waals surface area contributed by atoms with Gasteiger partial charge in [0.25, 0.3) is 0 Å². The summed E-state index contributed by atoms with van der Waals surface area (Å²) in [6, 6.07) is 4.63. The summed E-state index contributed by atoms with van der Waals surface area (Å²) in [5.74, 6) is 0. The van der Waals surface area contributed by atoms with Crippen molar-refractivity contribution in [3.63, 3.8) is 0 Å². The lowest BCUT2D eigenvalue weighted by atomic mass is 9.89. The van der Waals surface area contributed by atoms with Crippen molar-refractivity contribution in [2.75, 3.05) is 13.6 Å². The fourth-order valence-corrected chi connectivity index (χ4v) is 2.83. The molecule has 0 unspecified atom stereocenters. The van der Waals surface area contributed by atoms with E-state index in [1.807, 2.05) is 0 Å². The van der Waals surface area contributed by atoms with E-state index in [-0.39, 0.29) is 0 Å². The summed E-state index contributed by atoms with van der Waals surface area (Å²) >= 11 is 0. The van der Waals surface area contributed by atoms with Crippen molar-refractivity contribution < 1.29 is 0 Å². The Morgan fingerprint density at radius 3 is 2.12 bits per heavy atom. The van der Waals surface area contributed by atoms with Gasteiger partial charge in [-0.1, -0.05) is 17.7 Å². The molecule has 1 nitrogen and oxygen atoms in total. The van der Waals surface area contributed by atoms with Gasteiger partial charge in [-0.3, -0.25) is 0 Å². The van der Waals surface area contributed by atoms with Crippen LogP contribution in [-0.2, 0) is 6.42 Å². The van der Waals surface area contributed by atoms with E-state index in [4.69, 9.17) is 0 Å². The van der Waals surface area contributed by atoms with Crippen molar-refractivity contribution in [2.24, 2.45) is 5.41 Å². The van der Waals surface area contributed by atoms with Crippen LogP contribution in [0.15, 0.2) is 12.1 Å². The molecule has 0 heterocycles. The molecule has 0 saturated heterocycles. The Morgan fingerprint density at radius 2 is 1.69 bits per heavy atom. The number of rotatable bonds is 4. The summed E-state index contributed by atoms with van der Waals surface area (Å²) in [5.41, 5.74) is 6.48. The summed E-state index contributed by atoms with van der Waals surface area (Å²) in [6.45, 7) is 7.86. The molecule has 1 aliphatic rings. The highest BCUT2D eigenvalue weighted by Crippen LogP contribution is 2.48. The normalized spacial score (nSPS) is 17.5. The third-order valence-electron chi connectivity index (χ3n) is 3.90. The van der Waals surface area contributed by atoms with E-state index in [9.17, 15) is 0 Å². The maximum Gasteiger partial charge on any atom is 0.000800 e. The molecule has 0 bridgehead atoms. The molecule has 0 amide bonds. The maximum absolute atomic E-state index is 3.34. The van der Waals surface area contributed by atoms with Crippen LogP contribution in [0.4, 0.5) is 0 Å². The van der Waals surface area contributed by atoms with Crippen molar-refractivity contribution in [3.05, 3.63) is 34.4 Å². The van der Waals surface area contributed by atoms with Crippen LogP contribution in [0.3, 0.4) is 0 Å². The molecule has 1 aromatic carbocycles. The Hall–Kier alpha value is -0.820. The quantitative estimate of drug-likeness (QED) is 0.817. The van der Waals surface area contributed by atoms with Crippen molar-refractivity contribution in [1.29, 1.82) is 0 Å². The van der Waals surface area contributed by atoms with Gasteiger partial charge in [-0.15, -0.1) is 0 Å². The van der Waals surface area contributed by atoms with Gasteiger partial charge in [0.15, 0.2) is 0 Å². The predicted octanol–water partition coefficient (Wildman–Crippen LogP) is 3.15. The Kier molecular flexibility index (Phi) is 3.07. The third-order valence-corrected chi connectivity index (χ3v) is 3.90. The second-order valence-electron chi connectivity index (χ2n) is 5.58. The van der Waals surface area contributed by atoms with Crippen LogP contribution in [-0.4, -0.2) is 13.6 Å². The lowest BCUT2D eigenvalue weighted by molar-refractivity contribution is 0.476. The number of hydrogen-bond acceptors (Lipinski definition) is 1. The molecule has 1 fully saturated rings. The average molecular weight is 217 g/mol. The van der Waals surface area contributed by atoms with Gasteiger partial charge in [-0.25, -0.2) is 0 Å². The highest BCUT2D eigenvalue weighted by molar-refractivity contribution is 5.38. The molecule has 1 aromatic rings. The summed E-state index contributed by atoms with van der Waals surface area (Å²) < 4.78 is 0. The third kappa shape index (κ3) is 2.30. The Morgan fingerprint density at radius 1 is 1.12 bits per heavy atom. The minimum absolute atomic E-state index is 0.569. The van der Waals surface area contributed by atoms with E-state index in [0.717, 1.165) is 0 Å². The zero-order valence-electron chi connectivity index (χ0n) is 11.0. The highest BCUT2D eigenvalue weighted by Gasteiger charge is 2.42. The first-order valence-corrected chi connectivity index (χ1v) is 6.28. The zero-order valence-corrected chi connectivity index (χ0v) is 11.0. The molecule has 2 rings (SSSR count). The first kappa shape index (κ1) is 11.7. The van der Waals surface area contributed by atoms with Crippen LogP contribution in [0.25, 0.3) is 0 Å². The highest BCUT2D eigenvalue weighted by atomic mass is 14.8.